The maximum Gasteiger partial charge on any atom is 0.326 e. The van der Waals surface area contributed by atoms with Crippen molar-refractivity contribution in [2.75, 3.05) is 25.1 Å². The molecule has 1 unspecified atom stereocenters. The van der Waals surface area contributed by atoms with Crippen molar-refractivity contribution < 1.29 is 19.5 Å². The molecular weight excluding hydrogens is 268 g/mol. The molecule has 19 heavy (non-hydrogen) atoms. The molecule has 0 aliphatic carbocycles. The quantitative estimate of drug-likeness (QED) is 0.606. The molecule has 0 radical (unpaired) electrons. The van der Waals surface area contributed by atoms with Gasteiger partial charge in [0, 0.05) is 26.4 Å². The standard InChI is InChI=1S/C12H22N2O4S/c1-9(12(17)18)14(7-6-13-10(2)15)11(16)5-4-8-19-3/h9H,4-8H2,1-3H3,(H,13,15)(H,17,18). The van der Waals surface area contributed by atoms with E-state index in [4.69, 9.17) is 5.11 Å². The van der Waals surface area contributed by atoms with Crippen LogP contribution in [0.4, 0.5) is 0 Å². The predicted molar refractivity (Wildman–Crippen MR) is 75.1 cm³/mol. The van der Waals surface area contributed by atoms with Crippen LogP contribution < -0.4 is 5.32 Å². The van der Waals surface area contributed by atoms with Crippen molar-refractivity contribution in [2.45, 2.75) is 32.7 Å². The Labute approximate surface area is 117 Å². The molecule has 2 amide bonds. The topological polar surface area (TPSA) is 86.7 Å². The zero-order valence-electron chi connectivity index (χ0n) is 11.6. The molecular formula is C12H22N2O4S. The molecule has 0 saturated heterocycles. The van der Waals surface area contributed by atoms with E-state index in [0.29, 0.717) is 6.42 Å². The van der Waals surface area contributed by atoms with Crippen LogP contribution in [0.5, 0.6) is 0 Å². The zero-order chi connectivity index (χ0) is 14.8. The first-order valence-corrected chi connectivity index (χ1v) is 7.55. The van der Waals surface area contributed by atoms with Crippen LogP contribution in [0, 0.1) is 0 Å². The second kappa shape index (κ2) is 9.66. The van der Waals surface area contributed by atoms with E-state index in [9.17, 15) is 14.4 Å². The van der Waals surface area contributed by atoms with Gasteiger partial charge in [0.05, 0.1) is 0 Å². The van der Waals surface area contributed by atoms with Gasteiger partial charge in [0.15, 0.2) is 0 Å². The van der Waals surface area contributed by atoms with Crippen LogP contribution in [-0.4, -0.2) is 58.9 Å². The number of hydrogen-bond acceptors (Lipinski definition) is 4. The summed E-state index contributed by atoms with van der Waals surface area (Å²) in [4.78, 5) is 35.0. The summed E-state index contributed by atoms with van der Waals surface area (Å²) < 4.78 is 0. The Bertz CT molecular complexity index is 323. The van der Waals surface area contributed by atoms with E-state index in [1.54, 1.807) is 11.8 Å². The lowest BCUT2D eigenvalue weighted by Crippen LogP contribution is -2.46. The fraction of sp³-hybridized carbons (Fsp3) is 0.750. The van der Waals surface area contributed by atoms with Crippen LogP contribution in [0.15, 0.2) is 0 Å². The SMILES string of the molecule is CSCCCC(=O)N(CCNC(C)=O)C(C)C(=O)O. The highest BCUT2D eigenvalue weighted by Gasteiger charge is 2.24. The third kappa shape index (κ3) is 7.71. The van der Waals surface area contributed by atoms with Gasteiger partial charge >= 0.3 is 5.97 Å². The molecule has 0 bridgehead atoms. The van der Waals surface area contributed by atoms with E-state index >= 15 is 0 Å². The maximum absolute atomic E-state index is 12.0. The highest BCUT2D eigenvalue weighted by Crippen LogP contribution is 2.06. The fourth-order valence-corrected chi connectivity index (χ4v) is 1.96. The van der Waals surface area contributed by atoms with E-state index in [-0.39, 0.29) is 24.9 Å². The van der Waals surface area contributed by atoms with Gasteiger partial charge in [-0.15, -0.1) is 0 Å². The van der Waals surface area contributed by atoms with Gasteiger partial charge in [-0.2, -0.15) is 11.8 Å². The predicted octanol–water partition coefficient (Wildman–Crippen LogP) is 0.567. The average molecular weight is 290 g/mol. The minimum Gasteiger partial charge on any atom is -0.480 e. The Morgan fingerprint density at radius 1 is 1.37 bits per heavy atom. The number of carboxylic acids is 1. The lowest BCUT2D eigenvalue weighted by Gasteiger charge is -2.26. The lowest BCUT2D eigenvalue weighted by atomic mass is 10.2. The number of carboxylic acid groups (broad SMARTS) is 1. The van der Waals surface area contributed by atoms with Crippen LogP contribution in [0.2, 0.25) is 0 Å². The van der Waals surface area contributed by atoms with Crippen molar-refractivity contribution in [3.63, 3.8) is 0 Å². The summed E-state index contributed by atoms with van der Waals surface area (Å²) in [7, 11) is 0. The van der Waals surface area contributed by atoms with Gasteiger partial charge in [0.1, 0.15) is 6.04 Å². The molecule has 0 heterocycles. The number of nitrogens with one attached hydrogen (secondary N) is 1. The van der Waals surface area contributed by atoms with E-state index in [0.717, 1.165) is 12.2 Å². The summed E-state index contributed by atoms with van der Waals surface area (Å²) >= 11 is 1.65. The molecule has 6 nitrogen and oxygen atoms in total. The number of amides is 2. The number of hydrogen-bond donors (Lipinski definition) is 2. The van der Waals surface area contributed by atoms with E-state index in [2.05, 4.69) is 5.32 Å². The van der Waals surface area contributed by atoms with Gasteiger partial charge in [-0.3, -0.25) is 9.59 Å². The summed E-state index contributed by atoms with van der Waals surface area (Å²) in [5.41, 5.74) is 0. The lowest BCUT2D eigenvalue weighted by molar-refractivity contribution is -0.149. The van der Waals surface area contributed by atoms with Gasteiger partial charge in [-0.1, -0.05) is 0 Å². The van der Waals surface area contributed by atoms with E-state index in [1.165, 1.54) is 18.7 Å². The first kappa shape index (κ1) is 17.8. The molecule has 0 aromatic rings. The van der Waals surface area contributed by atoms with Crippen LogP contribution in [-0.2, 0) is 14.4 Å². The van der Waals surface area contributed by atoms with Crippen molar-refractivity contribution in [3.05, 3.63) is 0 Å². The minimum absolute atomic E-state index is 0.186. The van der Waals surface area contributed by atoms with Crippen LogP contribution >= 0.6 is 11.8 Å². The molecule has 0 aromatic heterocycles. The van der Waals surface area contributed by atoms with E-state index < -0.39 is 12.0 Å². The normalized spacial score (nSPS) is 11.7. The Morgan fingerprint density at radius 3 is 2.47 bits per heavy atom. The summed E-state index contributed by atoms with van der Waals surface area (Å²) in [5, 5.41) is 11.6. The third-order valence-electron chi connectivity index (χ3n) is 2.61. The summed E-state index contributed by atoms with van der Waals surface area (Å²) in [5.74, 6) is -0.555. The number of aliphatic carboxylic acids is 1. The first-order valence-electron chi connectivity index (χ1n) is 6.15. The summed E-state index contributed by atoms with van der Waals surface area (Å²) in [6, 6.07) is -0.879. The number of rotatable bonds is 9. The van der Waals surface area contributed by atoms with Crippen molar-refractivity contribution in [3.8, 4) is 0 Å². The highest BCUT2D eigenvalue weighted by atomic mass is 32.2. The van der Waals surface area contributed by atoms with Crippen molar-refractivity contribution >= 4 is 29.5 Å². The molecule has 0 rings (SSSR count). The molecule has 0 aromatic carbocycles. The molecule has 0 aliphatic rings. The van der Waals surface area contributed by atoms with E-state index in [1.807, 2.05) is 6.26 Å². The van der Waals surface area contributed by atoms with Crippen LogP contribution in [0.1, 0.15) is 26.7 Å². The minimum atomic E-state index is -1.04. The number of nitrogens with zero attached hydrogens (tertiary/aromatic N) is 1. The molecule has 2 N–H and O–H groups in total. The second-order valence-electron chi connectivity index (χ2n) is 4.18. The Balaban J connectivity index is 4.43. The van der Waals surface area contributed by atoms with Gasteiger partial charge in [-0.25, -0.2) is 4.79 Å². The molecule has 1 atom stereocenters. The van der Waals surface area contributed by atoms with Crippen molar-refractivity contribution in [1.82, 2.24) is 10.2 Å². The molecule has 0 fully saturated rings. The second-order valence-corrected chi connectivity index (χ2v) is 5.17. The first-order chi connectivity index (χ1) is 8.90. The molecule has 0 spiro atoms. The molecule has 110 valence electrons. The van der Waals surface area contributed by atoms with Gasteiger partial charge in [0.2, 0.25) is 11.8 Å². The van der Waals surface area contributed by atoms with Crippen molar-refractivity contribution in [2.24, 2.45) is 0 Å². The Morgan fingerprint density at radius 2 is 2.00 bits per heavy atom. The molecule has 0 saturated carbocycles. The zero-order valence-corrected chi connectivity index (χ0v) is 12.5. The van der Waals surface area contributed by atoms with Gasteiger partial charge in [-0.05, 0) is 25.4 Å². The largest absolute Gasteiger partial charge is 0.480 e. The number of thioether (sulfide) groups is 1. The summed E-state index contributed by atoms with van der Waals surface area (Å²) in [6.07, 6.45) is 3.01. The Hall–Kier alpha value is -1.24. The average Bonchev–Trinajstić information content (AvgIpc) is 2.33. The smallest absolute Gasteiger partial charge is 0.326 e. The molecule has 7 heteroatoms. The van der Waals surface area contributed by atoms with Gasteiger partial charge in [0.25, 0.3) is 0 Å². The molecule has 0 aliphatic heterocycles. The van der Waals surface area contributed by atoms with Gasteiger partial charge < -0.3 is 15.3 Å². The fourth-order valence-electron chi connectivity index (χ4n) is 1.53. The third-order valence-corrected chi connectivity index (χ3v) is 3.31. The van der Waals surface area contributed by atoms with Crippen LogP contribution in [0.25, 0.3) is 0 Å². The van der Waals surface area contributed by atoms with Crippen LogP contribution in [0.3, 0.4) is 0 Å². The monoisotopic (exact) mass is 290 g/mol. The summed E-state index contributed by atoms with van der Waals surface area (Å²) in [6.45, 7) is 3.33. The number of carbonyl (C=O) groups excluding carboxylic acids is 2. The Kier molecular flexibility index (Phi) is 9.03. The number of carbonyl (C=O) groups is 3. The maximum atomic E-state index is 12.0. The van der Waals surface area contributed by atoms with Crippen molar-refractivity contribution in [1.29, 1.82) is 0 Å². The highest BCUT2D eigenvalue weighted by molar-refractivity contribution is 7.98.